The molecule has 3 rings (SSSR count). The normalized spacial score (nSPS) is 30.9. The van der Waals surface area contributed by atoms with Crippen LogP contribution in [-0.2, 0) is 0 Å². The van der Waals surface area contributed by atoms with E-state index >= 15 is 0 Å². The fourth-order valence-electron chi connectivity index (χ4n) is 4.53. The Labute approximate surface area is 142 Å². The average molecular weight is 346 g/mol. The number of fused-ring (bicyclic) bond motifs is 1. The molecular formula is C17H25Cl2NS. The molecule has 2 saturated carbocycles. The van der Waals surface area contributed by atoms with E-state index in [2.05, 4.69) is 18.3 Å². The number of hydrogen-bond donors (Lipinski definition) is 1. The van der Waals surface area contributed by atoms with Gasteiger partial charge in [0.25, 0.3) is 0 Å². The van der Waals surface area contributed by atoms with Gasteiger partial charge in [-0.05, 0) is 49.6 Å². The van der Waals surface area contributed by atoms with Crippen molar-refractivity contribution in [2.75, 3.05) is 6.54 Å². The molecule has 1 aromatic rings. The highest BCUT2D eigenvalue weighted by Gasteiger charge is 2.36. The maximum absolute atomic E-state index is 6.43. The number of halogens is 2. The molecule has 1 N–H and O–H groups in total. The summed E-state index contributed by atoms with van der Waals surface area (Å²) in [6.45, 7) is 3.17. The highest BCUT2D eigenvalue weighted by atomic mass is 35.5. The van der Waals surface area contributed by atoms with Gasteiger partial charge in [0, 0.05) is 11.6 Å². The van der Waals surface area contributed by atoms with Crippen LogP contribution in [-0.4, -0.2) is 6.54 Å². The van der Waals surface area contributed by atoms with E-state index in [1.807, 2.05) is 0 Å². The summed E-state index contributed by atoms with van der Waals surface area (Å²) in [7, 11) is 0. The third-order valence-electron chi connectivity index (χ3n) is 5.49. The van der Waals surface area contributed by atoms with Gasteiger partial charge in [0.05, 0.1) is 8.67 Å². The van der Waals surface area contributed by atoms with Gasteiger partial charge in [0.2, 0.25) is 0 Å². The average Bonchev–Trinajstić information content (AvgIpc) is 2.83. The third-order valence-corrected chi connectivity index (χ3v) is 7.01. The minimum Gasteiger partial charge on any atom is -0.310 e. The molecular weight excluding hydrogens is 321 g/mol. The van der Waals surface area contributed by atoms with Crippen LogP contribution in [0.1, 0.15) is 63.5 Å². The predicted molar refractivity (Wildman–Crippen MR) is 93.5 cm³/mol. The summed E-state index contributed by atoms with van der Waals surface area (Å²) in [6, 6.07) is 2.46. The van der Waals surface area contributed by atoms with Gasteiger partial charge >= 0.3 is 0 Å². The second kappa shape index (κ2) is 7.21. The van der Waals surface area contributed by atoms with Crippen molar-refractivity contribution in [2.45, 2.75) is 57.9 Å². The van der Waals surface area contributed by atoms with Gasteiger partial charge in [0.1, 0.15) is 0 Å². The van der Waals surface area contributed by atoms with Gasteiger partial charge in [-0.25, -0.2) is 0 Å². The van der Waals surface area contributed by atoms with Gasteiger partial charge in [-0.1, -0.05) is 55.8 Å². The predicted octanol–water partition coefficient (Wildman–Crippen LogP) is 6.31. The first kappa shape index (κ1) is 16.1. The van der Waals surface area contributed by atoms with Crippen LogP contribution in [0, 0.1) is 17.8 Å². The van der Waals surface area contributed by atoms with Gasteiger partial charge in [-0.15, -0.1) is 11.3 Å². The molecule has 2 aliphatic rings. The van der Waals surface area contributed by atoms with Crippen molar-refractivity contribution in [3.05, 3.63) is 20.3 Å². The summed E-state index contributed by atoms with van der Waals surface area (Å²) < 4.78 is 1.68. The highest BCUT2D eigenvalue weighted by molar-refractivity contribution is 7.20. The summed E-state index contributed by atoms with van der Waals surface area (Å²) in [6.07, 6.45) is 9.91. The van der Waals surface area contributed by atoms with Crippen LogP contribution in [0.3, 0.4) is 0 Å². The highest BCUT2D eigenvalue weighted by Crippen LogP contribution is 2.48. The first-order valence-electron chi connectivity index (χ1n) is 8.37. The molecule has 0 spiro atoms. The third kappa shape index (κ3) is 3.60. The molecule has 0 aromatic carbocycles. The lowest BCUT2D eigenvalue weighted by atomic mass is 9.65. The van der Waals surface area contributed by atoms with Crippen molar-refractivity contribution < 1.29 is 0 Å². The fraction of sp³-hybridized carbons (Fsp3) is 0.765. The Morgan fingerprint density at radius 3 is 2.62 bits per heavy atom. The van der Waals surface area contributed by atoms with Gasteiger partial charge < -0.3 is 5.32 Å². The summed E-state index contributed by atoms with van der Waals surface area (Å²) in [4.78, 5) is 0. The Hall–Kier alpha value is 0.240. The number of rotatable bonds is 4. The Bertz CT molecular complexity index is 473. The molecule has 21 heavy (non-hydrogen) atoms. The van der Waals surface area contributed by atoms with Crippen LogP contribution in [0.4, 0.5) is 0 Å². The van der Waals surface area contributed by atoms with Crippen molar-refractivity contribution in [1.82, 2.24) is 5.32 Å². The van der Waals surface area contributed by atoms with E-state index in [0.717, 1.165) is 27.1 Å². The van der Waals surface area contributed by atoms with Gasteiger partial charge in [0.15, 0.2) is 0 Å². The fourth-order valence-corrected chi connectivity index (χ4v) is 6.08. The lowest BCUT2D eigenvalue weighted by Gasteiger charge is -2.42. The van der Waals surface area contributed by atoms with Crippen molar-refractivity contribution in [1.29, 1.82) is 0 Å². The topological polar surface area (TPSA) is 12.0 Å². The maximum atomic E-state index is 6.43. The first-order valence-corrected chi connectivity index (χ1v) is 9.94. The van der Waals surface area contributed by atoms with Crippen LogP contribution < -0.4 is 5.32 Å². The zero-order valence-electron chi connectivity index (χ0n) is 12.7. The zero-order chi connectivity index (χ0) is 14.8. The molecule has 0 amide bonds. The van der Waals surface area contributed by atoms with Crippen LogP contribution in [0.15, 0.2) is 6.07 Å². The van der Waals surface area contributed by atoms with E-state index in [-0.39, 0.29) is 0 Å². The second-order valence-corrected chi connectivity index (χ2v) is 8.98. The van der Waals surface area contributed by atoms with Crippen LogP contribution in [0.2, 0.25) is 8.67 Å². The molecule has 0 radical (unpaired) electrons. The molecule has 0 saturated heterocycles. The first-order chi connectivity index (χ1) is 10.2. The molecule has 0 aliphatic heterocycles. The van der Waals surface area contributed by atoms with E-state index in [0.29, 0.717) is 12.0 Å². The molecule has 1 heterocycles. The number of nitrogens with one attached hydrogen (secondary N) is 1. The second-order valence-electron chi connectivity index (χ2n) is 6.69. The molecule has 1 nitrogen and oxygen atoms in total. The van der Waals surface area contributed by atoms with Crippen LogP contribution >= 0.6 is 34.5 Å². The minimum absolute atomic E-state index is 0.383. The smallest absolute Gasteiger partial charge is 0.0992 e. The molecule has 1 aromatic heterocycles. The Morgan fingerprint density at radius 2 is 1.95 bits per heavy atom. The maximum Gasteiger partial charge on any atom is 0.0992 e. The van der Waals surface area contributed by atoms with Crippen molar-refractivity contribution in [3.63, 3.8) is 0 Å². The van der Waals surface area contributed by atoms with E-state index in [1.54, 1.807) is 0 Å². The SMILES string of the molecule is CCNC(c1cc(Cl)sc1Cl)C1CCC2CCCCC2C1. The quantitative estimate of drug-likeness (QED) is 0.673. The Balaban J connectivity index is 1.76. The molecule has 4 atom stereocenters. The molecule has 2 fully saturated rings. The number of thiophene rings is 1. The monoisotopic (exact) mass is 345 g/mol. The van der Waals surface area contributed by atoms with Crippen LogP contribution in [0.5, 0.6) is 0 Å². The summed E-state index contributed by atoms with van der Waals surface area (Å²) in [5.41, 5.74) is 1.23. The molecule has 0 bridgehead atoms. The Morgan fingerprint density at radius 1 is 1.19 bits per heavy atom. The summed E-state index contributed by atoms with van der Waals surface area (Å²) in [5, 5.41) is 3.68. The molecule has 2 aliphatic carbocycles. The van der Waals surface area contributed by atoms with E-state index < -0.39 is 0 Å². The molecule has 4 unspecified atom stereocenters. The van der Waals surface area contributed by atoms with Crippen molar-refractivity contribution in [3.8, 4) is 0 Å². The van der Waals surface area contributed by atoms with Gasteiger partial charge in [-0.3, -0.25) is 0 Å². The minimum atomic E-state index is 0.383. The van der Waals surface area contributed by atoms with E-state index in [1.165, 1.54) is 61.8 Å². The van der Waals surface area contributed by atoms with E-state index in [4.69, 9.17) is 23.2 Å². The summed E-state index contributed by atoms with van der Waals surface area (Å²) in [5.74, 6) is 2.66. The summed E-state index contributed by atoms with van der Waals surface area (Å²) >= 11 is 14.1. The lowest BCUT2D eigenvalue weighted by Crippen LogP contribution is -2.35. The molecule has 118 valence electrons. The molecule has 4 heteroatoms. The van der Waals surface area contributed by atoms with Crippen molar-refractivity contribution >= 4 is 34.5 Å². The zero-order valence-corrected chi connectivity index (χ0v) is 15.0. The van der Waals surface area contributed by atoms with E-state index in [9.17, 15) is 0 Å². The largest absolute Gasteiger partial charge is 0.310 e. The van der Waals surface area contributed by atoms with Crippen molar-refractivity contribution in [2.24, 2.45) is 17.8 Å². The standard InChI is InChI=1S/C17H25Cl2NS/c1-2-20-16(14-10-15(18)21-17(14)19)13-8-7-11-5-3-4-6-12(11)9-13/h10-13,16,20H,2-9H2,1H3. The van der Waals surface area contributed by atoms with Gasteiger partial charge in [-0.2, -0.15) is 0 Å². The number of hydrogen-bond acceptors (Lipinski definition) is 2. The lowest BCUT2D eigenvalue weighted by molar-refractivity contribution is 0.110. The van der Waals surface area contributed by atoms with Crippen LogP contribution in [0.25, 0.3) is 0 Å². The Kier molecular flexibility index (Phi) is 5.53.